The molecule has 4 N–H and O–H groups in total. The highest BCUT2D eigenvalue weighted by atomic mass is 35.5. The van der Waals surface area contributed by atoms with Crippen molar-refractivity contribution in [1.29, 1.82) is 0 Å². The Morgan fingerprint density at radius 1 is 1.42 bits per heavy atom. The molecule has 1 rings (SSSR count). The van der Waals surface area contributed by atoms with Crippen molar-refractivity contribution in [3.63, 3.8) is 0 Å². The van der Waals surface area contributed by atoms with Crippen LogP contribution in [0.25, 0.3) is 0 Å². The standard InChI is InChI=1S/C11H16ClN3O4/c1-2-3-15-10(19)9(12)8(4-13-15)14-11(5-16,6-17)7-18/h2,4,14,16-18H,1,3,5-7H2. The minimum Gasteiger partial charge on any atom is -0.394 e. The van der Waals surface area contributed by atoms with Crippen molar-refractivity contribution in [3.8, 4) is 0 Å². The maximum atomic E-state index is 11.8. The van der Waals surface area contributed by atoms with Crippen LogP contribution >= 0.6 is 11.6 Å². The van der Waals surface area contributed by atoms with Gasteiger partial charge in [-0.05, 0) is 0 Å². The van der Waals surface area contributed by atoms with E-state index in [4.69, 9.17) is 11.6 Å². The van der Waals surface area contributed by atoms with E-state index in [0.29, 0.717) is 0 Å². The van der Waals surface area contributed by atoms with E-state index in [1.165, 1.54) is 12.3 Å². The smallest absolute Gasteiger partial charge is 0.287 e. The van der Waals surface area contributed by atoms with Gasteiger partial charge in [0.15, 0.2) is 0 Å². The van der Waals surface area contributed by atoms with Crippen LogP contribution in [-0.4, -0.2) is 50.5 Å². The first kappa shape index (κ1) is 15.6. The topological polar surface area (TPSA) is 108 Å². The lowest BCUT2D eigenvalue weighted by Gasteiger charge is -2.30. The van der Waals surface area contributed by atoms with E-state index in [2.05, 4.69) is 17.0 Å². The number of aliphatic hydroxyl groups excluding tert-OH is 3. The van der Waals surface area contributed by atoms with Crippen molar-refractivity contribution in [3.05, 3.63) is 34.2 Å². The lowest BCUT2D eigenvalue weighted by Crippen LogP contribution is -2.49. The van der Waals surface area contributed by atoms with Gasteiger partial charge in [-0.3, -0.25) is 4.79 Å². The highest BCUT2D eigenvalue weighted by Crippen LogP contribution is 2.20. The molecule has 1 heterocycles. The fourth-order valence-corrected chi connectivity index (χ4v) is 1.55. The van der Waals surface area contributed by atoms with E-state index in [1.54, 1.807) is 0 Å². The first-order chi connectivity index (χ1) is 9.03. The van der Waals surface area contributed by atoms with E-state index in [0.717, 1.165) is 4.68 Å². The van der Waals surface area contributed by atoms with Gasteiger partial charge in [-0.1, -0.05) is 17.7 Å². The van der Waals surface area contributed by atoms with Gasteiger partial charge in [0.1, 0.15) is 10.6 Å². The zero-order chi connectivity index (χ0) is 14.5. The van der Waals surface area contributed by atoms with Crippen LogP contribution in [0.15, 0.2) is 23.6 Å². The molecule has 19 heavy (non-hydrogen) atoms. The predicted octanol–water partition coefficient (Wildman–Crippen LogP) is -0.790. The summed E-state index contributed by atoms with van der Waals surface area (Å²) in [6.45, 7) is 2.10. The number of hydrogen-bond acceptors (Lipinski definition) is 6. The largest absolute Gasteiger partial charge is 0.394 e. The van der Waals surface area contributed by atoms with Gasteiger partial charge >= 0.3 is 0 Å². The molecular formula is C11H16ClN3O4. The molecule has 0 atom stereocenters. The molecule has 0 aliphatic carbocycles. The number of allylic oxidation sites excluding steroid dienone is 1. The Balaban J connectivity index is 3.13. The highest BCUT2D eigenvalue weighted by Gasteiger charge is 2.29. The zero-order valence-electron chi connectivity index (χ0n) is 10.2. The Hall–Kier alpha value is -1.41. The van der Waals surface area contributed by atoms with E-state index in [1.807, 2.05) is 0 Å². The fourth-order valence-electron chi connectivity index (χ4n) is 1.36. The Morgan fingerprint density at radius 3 is 2.47 bits per heavy atom. The number of halogens is 1. The van der Waals surface area contributed by atoms with Gasteiger partial charge in [-0.2, -0.15) is 5.10 Å². The molecule has 0 amide bonds. The van der Waals surface area contributed by atoms with Crippen LogP contribution in [0.1, 0.15) is 0 Å². The van der Waals surface area contributed by atoms with Gasteiger partial charge in [-0.25, -0.2) is 4.68 Å². The first-order valence-corrected chi connectivity index (χ1v) is 5.88. The number of anilines is 1. The summed E-state index contributed by atoms with van der Waals surface area (Å²) in [4.78, 5) is 11.8. The molecule has 0 aliphatic rings. The van der Waals surface area contributed by atoms with Crippen LogP contribution in [0.2, 0.25) is 5.02 Å². The molecule has 0 aliphatic heterocycles. The number of nitrogens with zero attached hydrogens (tertiary/aromatic N) is 2. The summed E-state index contributed by atoms with van der Waals surface area (Å²) in [6.07, 6.45) is 2.78. The monoisotopic (exact) mass is 289 g/mol. The van der Waals surface area contributed by atoms with Crippen molar-refractivity contribution in [1.82, 2.24) is 9.78 Å². The maximum Gasteiger partial charge on any atom is 0.287 e. The quantitative estimate of drug-likeness (QED) is 0.490. The number of aliphatic hydroxyl groups is 3. The van der Waals surface area contributed by atoms with Crippen LogP contribution in [0.3, 0.4) is 0 Å². The average molecular weight is 290 g/mol. The molecule has 0 unspecified atom stereocenters. The Bertz CT molecular complexity index is 491. The van der Waals surface area contributed by atoms with Crippen molar-refractivity contribution >= 4 is 17.3 Å². The third-order valence-corrected chi connectivity index (χ3v) is 2.96. The molecule has 0 fully saturated rings. The van der Waals surface area contributed by atoms with Gasteiger partial charge in [0.05, 0.1) is 38.2 Å². The summed E-state index contributed by atoms with van der Waals surface area (Å²) in [5.41, 5.74) is -1.78. The van der Waals surface area contributed by atoms with Crippen molar-refractivity contribution in [2.45, 2.75) is 12.1 Å². The Labute approximate surface area is 114 Å². The Kier molecular flexibility index (Phi) is 5.49. The molecule has 0 radical (unpaired) electrons. The SMILES string of the molecule is C=CCn1ncc(NC(CO)(CO)CO)c(Cl)c1=O. The molecule has 8 heteroatoms. The third kappa shape index (κ3) is 3.32. The van der Waals surface area contributed by atoms with Crippen molar-refractivity contribution in [2.75, 3.05) is 25.1 Å². The van der Waals surface area contributed by atoms with Crippen LogP contribution in [0.4, 0.5) is 5.69 Å². The zero-order valence-corrected chi connectivity index (χ0v) is 11.0. The second-order valence-corrected chi connectivity index (χ2v) is 4.41. The molecule has 1 aromatic heterocycles. The van der Waals surface area contributed by atoms with E-state index < -0.39 is 30.9 Å². The summed E-state index contributed by atoms with van der Waals surface area (Å²) in [6, 6.07) is 0. The van der Waals surface area contributed by atoms with Gasteiger partial charge in [0, 0.05) is 0 Å². The summed E-state index contributed by atoms with van der Waals surface area (Å²) < 4.78 is 1.11. The normalized spacial score (nSPS) is 11.4. The average Bonchev–Trinajstić information content (AvgIpc) is 2.44. The fraction of sp³-hybridized carbons (Fsp3) is 0.455. The van der Waals surface area contributed by atoms with Gasteiger partial charge in [-0.15, -0.1) is 6.58 Å². The van der Waals surface area contributed by atoms with Crippen molar-refractivity contribution in [2.24, 2.45) is 0 Å². The molecule has 0 aromatic carbocycles. The maximum absolute atomic E-state index is 11.8. The van der Waals surface area contributed by atoms with Crippen molar-refractivity contribution < 1.29 is 15.3 Å². The molecule has 0 saturated heterocycles. The van der Waals surface area contributed by atoms with E-state index >= 15 is 0 Å². The summed E-state index contributed by atoms with van der Waals surface area (Å²) in [5.74, 6) is 0. The molecule has 1 aromatic rings. The minimum atomic E-state index is -1.37. The van der Waals surface area contributed by atoms with E-state index in [9.17, 15) is 20.1 Å². The second-order valence-electron chi connectivity index (χ2n) is 4.03. The van der Waals surface area contributed by atoms with Crippen LogP contribution < -0.4 is 10.9 Å². The van der Waals surface area contributed by atoms with Gasteiger partial charge < -0.3 is 20.6 Å². The molecule has 0 saturated carbocycles. The van der Waals surface area contributed by atoms with Crippen LogP contribution in [0.5, 0.6) is 0 Å². The minimum absolute atomic E-state index is 0.129. The molecular weight excluding hydrogens is 274 g/mol. The van der Waals surface area contributed by atoms with Gasteiger partial charge in [0.2, 0.25) is 0 Å². The molecule has 106 valence electrons. The van der Waals surface area contributed by atoms with Crippen LogP contribution in [-0.2, 0) is 6.54 Å². The number of aromatic nitrogens is 2. The number of hydrogen-bond donors (Lipinski definition) is 4. The number of nitrogens with one attached hydrogen (secondary N) is 1. The Morgan fingerprint density at radius 2 is 2.00 bits per heavy atom. The molecule has 7 nitrogen and oxygen atoms in total. The second kappa shape index (κ2) is 6.67. The summed E-state index contributed by atoms with van der Waals surface area (Å²) in [7, 11) is 0. The van der Waals surface area contributed by atoms with Crippen LogP contribution in [0, 0.1) is 0 Å². The van der Waals surface area contributed by atoms with Gasteiger partial charge in [0.25, 0.3) is 5.56 Å². The summed E-state index contributed by atoms with van der Waals surface area (Å²) >= 11 is 5.90. The number of rotatable bonds is 7. The van der Waals surface area contributed by atoms with E-state index in [-0.39, 0.29) is 17.3 Å². The molecule has 0 bridgehead atoms. The lowest BCUT2D eigenvalue weighted by molar-refractivity contribution is 0.0833. The third-order valence-electron chi connectivity index (χ3n) is 2.59. The summed E-state index contributed by atoms with van der Waals surface area (Å²) in [5, 5.41) is 33.9. The molecule has 0 spiro atoms. The lowest BCUT2D eigenvalue weighted by atomic mass is 10.0. The highest BCUT2D eigenvalue weighted by molar-refractivity contribution is 6.32. The predicted molar refractivity (Wildman–Crippen MR) is 71.3 cm³/mol. The first-order valence-electron chi connectivity index (χ1n) is 5.51.